The number of aromatic hydroxyl groups is 1. The highest BCUT2D eigenvalue weighted by molar-refractivity contribution is 6.03. The molecule has 3 aromatic rings. The number of ether oxygens (including phenoxy) is 3. The number of carbonyl (C=O) groups excluding carboxylic acids is 1. The quantitative estimate of drug-likeness (QED) is 0.495. The Morgan fingerprint density at radius 1 is 0.969 bits per heavy atom. The number of amides is 1. The molecule has 7 nitrogen and oxygen atoms in total. The van der Waals surface area contributed by atoms with Gasteiger partial charge in [0.05, 0.1) is 27.0 Å². The molecule has 2 N–H and O–H groups in total. The molecule has 0 atom stereocenters. The van der Waals surface area contributed by atoms with E-state index in [0.717, 1.165) is 11.1 Å². The van der Waals surface area contributed by atoms with E-state index in [9.17, 15) is 9.90 Å². The molecule has 0 fully saturated rings. The minimum Gasteiger partial charge on any atom is -0.506 e. The summed E-state index contributed by atoms with van der Waals surface area (Å²) in [5.41, 5.74) is 1.97. The summed E-state index contributed by atoms with van der Waals surface area (Å²) in [5.74, 6) is 2.02. The molecule has 1 heterocycles. The highest BCUT2D eigenvalue weighted by Gasteiger charge is 2.20. The third kappa shape index (κ3) is 4.99. The van der Waals surface area contributed by atoms with Gasteiger partial charge in [0.25, 0.3) is 5.91 Å². The minimum absolute atomic E-state index is 0.00849. The molecule has 7 heteroatoms. The van der Waals surface area contributed by atoms with Crippen molar-refractivity contribution in [1.82, 2.24) is 0 Å². The fraction of sp³-hybridized carbons (Fsp3) is 0.320. The SMILES string of the molecule is COc1cc(OC)c(Cc2ccc(C(=O)Nc3cc(C(C)(C)C)ccc3O)o2)c(OC)c1. The second-order valence-corrected chi connectivity index (χ2v) is 8.39. The van der Waals surface area contributed by atoms with Crippen LogP contribution in [-0.4, -0.2) is 32.3 Å². The van der Waals surface area contributed by atoms with E-state index in [-0.39, 0.29) is 16.9 Å². The summed E-state index contributed by atoms with van der Waals surface area (Å²) in [5, 5.41) is 12.9. The van der Waals surface area contributed by atoms with Crippen LogP contribution in [0, 0.1) is 0 Å². The van der Waals surface area contributed by atoms with Gasteiger partial charge in [-0.25, -0.2) is 0 Å². The van der Waals surface area contributed by atoms with E-state index in [4.69, 9.17) is 18.6 Å². The van der Waals surface area contributed by atoms with Crippen molar-refractivity contribution in [2.75, 3.05) is 26.6 Å². The molecule has 170 valence electrons. The lowest BCUT2D eigenvalue weighted by Crippen LogP contribution is -2.14. The average Bonchev–Trinajstić information content (AvgIpc) is 3.23. The second kappa shape index (κ2) is 9.26. The van der Waals surface area contributed by atoms with E-state index in [0.29, 0.717) is 35.1 Å². The maximum Gasteiger partial charge on any atom is 0.291 e. The first-order chi connectivity index (χ1) is 15.2. The Hall–Kier alpha value is -3.61. The Morgan fingerprint density at radius 3 is 2.19 bits per heavy atom. The standard InChI is InChI=1S/C25H29NO6/c1-25(2,3)15-7-9-20(27)19(11-15)26-24(28)21-10-8-16(32-21)12-18-22(30-5)13-17(29-4)14-23(18)31-6/h7-11,13-14,27H,12H2,1-6H3,(H,26,28). The summed E-state index contributed by atoms with van der Waals surface area (Å²) in [4.78, 5) is 12.7. The summed E-state index contributed by atoms with van der Waals surface area (Å²) >= 11 is 0. The summed E-state index contributed by atoms with van der Waals surface area (Å²) in [6, 6.07) is 12.0. The maximum absolute atomic E-state index is 12.7. The fourth-order valence-corrected chi connectivity index (χ4v) is 3.31. The lowest BCUT2D eigenvalue weighted by atomic mass is 9.87. The van der Waals surface area contributed by atoms with Gasteiger partial charge in [-0.15, -0.1) is 0 Å². The van der Waals surface area contributed by atoms with Crippen LogP contribution in [0.4, 0.5) is 5.69 Å². The number of hydrogen-bond donors (Lipinski definition) is 2. The van der Waals surface area contributed by atoms with Gasteiger partial charge in [-0.05, 0) is 35.2 Å². The lowest BCUT2D eigenvalue weighted by molar-refractivity contribution is 0.0994. The molecule has 0 saturated heterocycles. The lowest BCUT2D eigenvalue weighted by Gasteiger charge is -2.20. The molecule has 1 aromatic heterocycles. The van der Waals surface area contributed by atoms with Crippen LogP contribution in [0.2, 0.25) is 0 Å². The molecule has 0 aliphatic carbocycles. The minimum atomic E-state index is -0.453. The molecule has 3 rings (SSSR count). The third-order valence-corrected chi connectivity index (χ3v) is 5.16. The van der Waals surface area contributed by atoms with Crippen LogP contribution >= 0.6 is 0 Å². The van der Waals surface area contributed by atoms with Crippen LogP contribution in [0.5, 0.6) is 23.0 Å². The Balaban J connectivity index is 1.82. The summed E-state index contributed by atoms with van der Waals surface area (Å²) in [6.45, 7) is 6.18. The van der Waals surface area contributed by atoms with Crippen molar-refractivity contribution in [1.29, 1.82) is 0 Å². The Bertz CT molecular complexity index is 1080. The molecular formula is C25H29NO6. The van der Waals surface area contributed by atoms with Gasteiger partial charge in [0, 0.05) is 24.1 Å². The zero-order valence-electron chi connectivity index (χ0n) is 19.2. The van der Waals surface area contributed by atoms with Gasteiger partial charge in [0.15, 0.2) is 5.76 Å². The van der Waals surface area contributed by atoms with Crippen molar-refractivity contribution in [3.05, 3.63) is 65.1 Å². The van der Waals surface area contributed by atoms with E-state index < -0.39 is 5.91 Å². The molecule has 32 heavy (non-hydrogen) atoms. The molecular weight excluding hydrogens is 410 g/mol. The number of rotatable bonds is 7. The Morgan fingerprint density at radius 2 is 1.62 bits per heavy atom. The van der Waals surface area contributed by atoms with Crippen molar-refractivity contribution < 1.29 is 28.5 Å². The Labute approximate surface area is 187 Å². The Kier molecular flexibility index (Phi) is 6.67. The van der Waals surface area contributed by atoms with E-state index in [2.05, 4.69) is 26.1 Å². The topological polar surface area (TPSA) is 90.2 Å². The molecule has 0 saturated carbocycles. The predicted molar refractivity (Wildman–Crippen MR) is 122 cm³/mol. The van der Waals surface area contributed by atoms with Crippen LogP contribution < -0.4 is 19.5 Å². The number of benzene rings is 2. The summed E-state index contributed by atoms with van der Waals surface area (Å²) in [6.07, 6.45) is 0.356. The van der Waals surface area contributed by atoms with E-state index in [1.54, 1.807) is 57.7 Å². The third-order valence-electron chi connectivity index (χ3n) is 5.16. The second-order valence-electron chi connectivity index (χ2n) is 8.39. The van der Waals surface area contributed by atoms with Crippen molar-refractivity contribution in [2.24, 2.45) is 0 Å². The van der Waals surface area contributed by atoms with Crippen LogP contribution in [0.25, 0.3) is 0 Å². The van der Waals surface area contributed by atoms with E-state index in [1.807, 2.05) is 6.07 Å². The van der Waals surface area contributed by atoms with Crippen LogP contribution in [0.3, 0.4) is 0 Å². The normalized spacial score (nSPS) is 11.2. The van der Waals surface area contributed by atoms with Gasteiger partial charge in [-0.3, -0.25) is 4.79 Å². The predicted octanol–water partition coefficient (Wildman–Crippen LogP) is 5.15. The number of anilines is 1. The first-order valence-electron chi connectivity index (χ1n) is 10.2. The van der Waals surface area contributed by atoms with E-state index >= 15 is 0 Å². The highest BCUT2D eigenvalue weighted by Crippen LogP contribution is 2.36. The number of phenolic OH excluding ortho intramolecular Hbond substituents is 1. The molecule has 0 radical (unpaired) electrons. The zero-order chi connectivity index (χ0) is 23.5. The van der Waals surface area contributed by atoms with Gasteiger partial charge in [0.1, 0.15) is 28.8 Å². The summed E-state index contributed by atoms with van der Waals surface area (Å²) in [7, 11) is 4.70. The number of carbonyl (C=O) groups is 1. The van der Waals surface area contributed by atoms with Crippen LogP contribution in [0.15, 0.2) is 46.9 Å². The highest BCUT2D eigenvalue weighted by atomic mass is 16.5. The van der Waals surface area contributed by atoms with Crippen molar-refractivity contribution >= 4 is 11.6 Å². The first-order valence-corrected chi connectivity index (χ1v) is 10.2. The van der Waals surface area contributed by atoms with Gasteiger partial charge < -0.3 is 29.1 Å². The van der Waals surface area contributed by atoms with Crippen molar-refractivity contribution in [2.45, 2.75) is 32.6 Å². The zero-order valence-corrected chi connectivity index (χ0v) is 19.2. The van der Waals surface area contributed by atoms with Gasteiger partial charge in [0.2, 0.25) is 0 Å². The molecule has 0 aliphatic rings. The largest absolute Gasteiger partial charge is 0.506 e. The maximum atomic E-state index is 12.7. The molecule has 1 amide bonds. The van der Waals surface area contributed by atoms with Gasteiger partial charge in [-0.2, -0.15) is 0 Å². The van der Waals surface area contributed by atoms with Gasteiger partial charge in [-0.1, -0.05) is 26.8 Å². The fourth-order valence-electron chi connectivity index (χ4n) is 3.31. The van der Waals surface area contributed by atoms with E-state index in [1.165, 1.54) is 0 Å². The number of nitrogens with one attached hydrogen (secondary N) is 1. The molecule has 2 aromatic carbocycles. The number of phenols is 1. The molecule has 0 spiro atoms. The molecule has 0 unspecified atom stereocenters. The smallest absolute Gasteiger partial charge is 0.291 e. The first kappa shape index (κ1) is 23.1. The van der Waals surface area contributed by atoms with Crippen LogP contribution in [0.1, 0.15) is 48.2 Å². The monoisotopic (exact) mass is 439 g/mol. The van der Waals surface area contributed by atoms with Crippen molar-refractivity contribution in [3.63, 3.8) is 0 Å². The van der Waals surface area contributed by atoms with Gasteiger partial charge >= 0.3 is 0 Å². The number of hydrogen-bond acceptors (Lipinski definition) is 6. The number of methoxy groups -OCH3 is 3. The number of furan rings is 1. The van der Waals surface area contributed by atoms with Crippen molar-refractivity contribution in [3.8, 4) is 23.0 Å². The molecule has 0 bridgehead atoms. The summed E-state index contributed by atoms with van der Waals surface area (Å²) < 4.78 is 22.0. The average molecular weight is 440 g/mol. The molecule has 0 aliphatic heterocycles. The van der Waals surface area contributed by atoms with Crippen LogP contribution in [-0.2, 0) is 11.8 Å².